The quantitative estimate of drug-likeness (QED) is 0.210. The van der Waals surface area contributed by atoms with Gasteiger partial charge in [-0.3, -0.25) is 0 Å². The third-order valence-electron chi connectivity index (χ3n) is 5.85. The largest absolute Gasteiger partial charge is 0.416 e. The van der Waals surface area contributed by atoms with Gasteiger partial charge in [-0.1, -0.05) is 42.5 Å². The van der Waals surface area contributed by atoms with Crippen molar-refractivity contribution in [2.24, 2.45) is 0 Å². The molecule has 200 valence electrons. The first-order valence-corrected chi connectivity index (χ1v) is 10.5. The van der Waals surface area contributed by atoms with E-state index in [0.29, 0.717) is 18.2 Å². The van der Waals surface area contributed by atoms with Crippen molar-refractivity contribution < 1.29 is 57.0 Å². The minimum atomic E-state index is -4.78. The first kappa shape index (κ1) is 29.7. The highest BCUT2D eigenvalue weighted by atomic mass is 19.4. The fourth-order valence-corrected chi connectivity index (χ4v) is 3.88. The van der Waals surface area contributed by atoms with Gasteiger partial charge in [0.2, 0.25) is 0 Å². The summed E-state index contributed by atoms with van der Waals surface area (Å²) in [4.78, 5) is 0. The zero-order valence-corrected chi connectivity index (χ0v) is 18.7. The maximum absolute atomic E-state index is 13.1. The number of halogens is 6. The van der Waals surface area contributed by atoms with Gasteiger partial charge in [0, 0.05) is 12.8 Å². The fraction of sp³-hybridized carbons (Fsp3) is 0.417. The van der Waals surface area contributed by atoms with Crippen LogP contribution in [-0.2, 0) is 25.2 Å². The van der Waals surface area contributed by atoms with E-state index < -0.39 is 72.4 Å². The molecule has 2 rings (SSSR count). The molecule has 0 aromatic heterocycles. The molecule has 0 aliphatic rings. The number of benzene rings is 2. The van der Waals surface area contributed by atoms with Gasteiger partial charge < -0.3 is 30.6 Å². The molecule has 0 aliphatic heterocycles. The highest BCUT2D eigenvalue weighted by Crippen LogP contribution is 2.36. The number of alkyl halides is 6. The van der Waals surface area contributed by atoms with Crippen molar-refractivity contribution in [2.75, 3.05) is 6.61 Å². The summed E-state index contributed by atoms with van der Waals surface area (Å²) in [6.45, 7) is 2.19. The summed E-state index contributed by atoms with van der Waals surface area (Å²) >= 11 is 0. The second-order valence-electron chi connectivity index (χ2n) is 8.53. The summed E-state index contributed by atoms with van der Waals surface area (Å²) in [5.74, 6) is 0. The van der Waals surface area contributed by atoms with Gasteiger partial charge in [0.15, 0.2) is 0 Å². The van der Waals surface area contributed by atoms with Crippen LogP contribution in [0.25, 0.3) is 0 Å². The summed E-state index contributed by atoms with van der Waals surface area (Å²) in [7, 11) is 0. The van der Waals surface area contributed by atoms with Gasteiger partial charge in [0.1, 0.15) is 29.5 Å². The van der Waals surface area contributed by atoms with E-state index in [9.17, 15) is 57.0 Å². The summed E-state index contributed by atoms with van der Waals surface area (Å²) in [6, 6.07) is 7.09. The highest BCUT2D eigenvalue weighted by Gasteiger charge is 2.53. The Morgan fingerprint density at radius 3 is 1.61 bits per heavy atom. The smallest absolute Gasteiger partial charge is 0.394 e. The standard InChI is InChI=1S/C24H26F6O6/c1-2-21(35,11-14-5-3-7-16(9-14)23(25,26)27)20(34)22(36,19(33)18(32)13-31)12-15-6-4-8-17(10-15)24(28,29)30/h2-10,18-20,31-36H,1,11-13H2/t18-,19+,20+,21?,22+/m0/s1. The lowest BCUT2D eigenvalue weighted by Crippen LogP contribution is -2.66. The number of aliphatic hydroxyl groups is 6. The maximum Gasteiger partial charge on any atom is 0.416 e. The van der Waals surface area contributed by atoms with Crippen molar-refractivity contribution in [3.05, 3.63) is 83.4 Å². The Morgan fingerprint density at radius 1 is 0.778 bits per heavy atom. The Kier molecular flexibility index (Phi) is 8.98. The predicted octanol–water partition coefficient (Wildman–Crippen LogP) is 2.23. The predicted molar refractivity (Wildman–Crippen MR) is 115 cm³/mol. The van der Waals surface area contributed by atoms with Crippen molar-refractivity contribution in [2.45, 2.75) is 54.7 Å². The molecule has 0 amide bonds. The van der Waals surface area contributed by atoms with Crippen LogP contribution < -0.4 is 0 Å². The average Bonchev–Trinajstić information content (AvgIpc) is 2.81. The molecule has 0 saturated carbocycles. The SMILES string of the molecule is C=CC(O)(Cc1cccc(C(F)(F)F)c1)[C@@H](O)[C@@](O)(Cc1cccc(C(F)(F)F)c1)[C@H](O)[C@@H](O)CO. The van der Waals surface area contributed by atoms with Crippen LogP contribution in [0.5, 0.6) is 0 Å². The molecule has 12 heteroatoms. The maximum atomic E-state index is 13.1. The van der Waals surface area contributed by atoms with E-state index in [1.165, 1.54) is 6.07 Å². The molecule has 6 N–H and O–H groups in total. The van der Waals surface area contributed by atoms with E-state index in [1.54, 1.807) is 0 Å². The van der Waals surface area contributed by atoms with Crippen molar-refractivity contribution in [1.82, 2.24) is 0 Å². The second-order valence-corrected chi connectivity index (χ2v) is 8.53. The minimum absolute atomic E-state index is 0.162. The van der Waals surface area contributed by atoms with Crippen molar-refractivity contribution in [3.8, 4) is 0 Å². The van der Waals surface area contributed by atoms with Crippen LogP contribution in [0.4, 0.5) is 26.3 Å². The van der Waals surface area contributed by atoms with Crippen LogP contribution in [0, 0.1) is 0 Å². The molecule has 1 unspecified atom stereocenters. The molecule has 6 nitrogen and oxygen atoms in total. The van der Waals surface area contributed by atoms with E-state index in [4.69, 9.17) is 0 Å². The molecule has 2 aromatic carbocycles. The molecule has 0 spiro atoms. The van der Waals surface area contributed by atoms with Gasteiger partial charge in [0.25, 0.3) is 0 Å². The van der Waals surface area contributed by atoms with Crippen molar-refractivity contribution >= 4 is 0 Å². The number of aliphatic hydroxyl groups excluding tert-OH is 4. The third-order valence-corrected chi connectivity index (χ3v) is 5.85. The van der Waals surface area contributed by atoms with E-state index in [-0.39, 0.29) is 11.1 Å². The summed E-state index contributed by atoms with van der Waals surface area (Å²) in [5, 5.41) is 63.1. The molecule has 0 bridgehead atoms. The van der Waals surface area contributed by atoms with Crippen LogP contribution in [0.1, 0.15) is 22.3 Å². The Hall–Kier alpha value is -2.48. The minimum Gasteiger partial charge on any atom is -0.394 e. The first-order chi connectivity index (χ1) is 16.5. The molecule has 2 aromatic rings. The second kappa shape index (κ2) is 10.9. The fourth-order valence-electron chi connectivity index (χ4n) is 3.88. The molecule has 36 heavy (non-hydrogen) atoms. The van der Waals surface area contributed by atoms with Gasteiger partial charge in [-0.05, 0) is 23.3 Å². The van der Waals surface area contributed by atoms with E-state index in [1.807, 2.05) is 0 Å². The van der Waals surface area contributed by atoms with Crippen molar-refractivity contribution in [3.63, 3.8) is 0 Å². The van der Waals surface area contributed by atoms with Crippen LogP contribution in [0.3, 0.4) is 0 Å². The van der Waals surface area contributed by atoms with Crippen LogP contribution >= 0.6 is 0 Å². The van der Waals surface area contributed by atoms with Crippen LogP contribution in [0.15, 0.2) is 61.2 Å². The summed E-state index contributed by atoms with van der Waals surface area (Å²) in [5.41, 5.74) is -8.29. The van der Waals surface area contributed by atoms with E-state index in [2.05, 4.69) is 6.58 Å². The van der Waals surface area contributed by atoms with Gasteiger partial charge in [-0.2, -0.15) is 26.3 Å². The lowest BCUT2D eigenvalue weighted by atomic mass is 9.73. The zero-order valence-electron chi connectivity index (χ0n) is 18.7. The molecule has 0 radical (unpaired) electrons. The van der Waals surface area contributed by atoms with E-state index >= 15 is 0 Å². The summed E-state index contributed by atoms with van der Waals surface area (Å²) in [6.07, 6.45) is -17.6. The van der Waals surface area contributed by atoms with Crippen LogP contribution in [0.2, 0.25) is 0 Å². The van der Waals surface area contributed by atoms with Crippen LogP contribution in [-0.4, -0.2) is 66.8 Å². The molecule has 0 saturated heterocycles. The number of rotatable bonds is 10. The van der Waals surface area contributed by atoms with Gasteiger partial charge in [0.05, 0.1) is 17.7 Å². The number of hydrogen-bond acceptors (Lipinski definition) is 6. The highest BCUT2D eigenvalue weighted by molar-refractivity contribution is 5.31. The Labute approximate surface area is 202 Å². The molecule has 0 fully saturated rings. The molecular formula is C24H26F6O6. The third kappa shape index (κ3) is 6.64. The molecule has 0 heterocycles. The Morgan fingerprint density at radius 2 is 1.22 bits per heavy atom. The van der Waals surface area contributed by atoms with E-state index in [0.717, 1.165) is 30.3 Å². The summed E-state index contributed by atoms with van der Waals surface area (Å²) < 4.78 is 78.7. The molecule has 0 aliphatic carbocycles. The average molecular weight is 524 g/mol. The van der Waals surface area contributed by atoms with Gasteiger partial charge in [-0.25, -0.2) is 0 Å². The molecule has 5 atom stereocenters. The zero-order chi connectivity index (χ0) is 27.5. The lowest BCUT2D eigenvalue weighted by molar-refractivity contribution is -0.218. The first-order valence-electron chi connectivity index (χ1n) is 10.5. The Bertz CT molecular complexity index is 1040. The normalized spacial score (nSPS) is 18.6. The lowest BCUT2D eigenvalue weighted by Gasteiger charge is -2.45. The van der Waals surface area contributed by atoms with Crippen molar-refractivity contribution in [1.29, 1.82) is 0 Å². The monoisotopic (exact) mass is 524 g/mol. The van der Waals surface area contributed by atoms with Gasteiger partial charge >= 0.3 is 12.4 Å². The van der Waals surface area contributed by atoms with Gasteiger partial charge in [-0.15, -0.1) is 6.58 Å². The number of hydrogen-bond donors (Lipinski definition) is 6. The molecular weight excluding hydrogens is 498 g/mol. The topological polar surface area (TPSA) is 121 Å². The Balaban J connectivity index is 2.53.